The van der Waals surface area contributed by atoms with Crippen molar-refractivity contribution in [1.82, 2.24) is 29.4 Å². The van der Waals surface area contributed by atoms with Crippen LogP contribution in [0.2, 0.25) is 0 Å². The largest absolute Gasteiger partial charge is 0.461 e. The van der Waals surface area contributed by atoms with Gasteiger partial charge >= 0.3 is 5.97 Å². The van der Waals surface area contributed by atoms with E-state index >= 15 is 0 Å². The summed E-state index contributed by atoms with van der Waals surface area (Å²) in [7, 11) is 3.97. The van der Waals surface area contributed by atoms with Gasteiger partial charge in [0.25, 0.3) is 5.78 Å². The summed E-state index contributed by atoms with van der Waals surface area (Å²) in [4.78, 5) is 37.9. The Morgan fingerprint density at radius 1 is 1.30 bits per heavy atom. The number of carbonyl (C=O) groups excluding carboxylic acids is 2. The lowest BCUT2D eigenvalue weighted by molar-refractivity contribution is -0.152. The van der Waals surface area contributed by atoms with E-state index in [4.69, 9.17) is 4.74 Å². The molecule has 9 heteroatoms. The number of likely N-dealkylation sites (N-methyl/N-ethyl adjacent to an activating group) is 1. The first-order chi connectivity index (χ1) is 14.3. The van der Waals surface area contributed by atoms with Gasteiger partial charge in [0.05, 0.1) is 5.41 Å². The van der Waals surface area contributed by atoms with Gasteiger partial charge in [-0.05, 0) is 52.8 Å². The molecular weight excluding hydrogens is 384 g/mol. The number of carbonyl (C=O) groups is 2. The molecule has 2 aromatic rings. The molecule has 1 spiro atoms. The van der Waals surface area contributed by atoms with E-state index in [9.17, 15) is 9.59 Å². The predicted octanol–water partition coefficient (Wildman–Crippen LogP) is 1.16. The maximum atomic E-state index is 12.9. The number of piperidine rings is 1. The van der Waals surface area contributed by atoms with Crippen LogP contribution in [-0.4, -0.2) is 81.1 Å². The standard InChI is InChI=1S/C21H30N6O3/c1-14-17(15(2)27-20(24-14)22-13-23-27)5-6-18(28)26-9-7-21(8-10-26)11-16(12-25(3)4)30-19(21)29/h13,16H,5-12H2,1-4H3. The molecule has 162 valence electrons. The van der Waals surface area contributed by atoms with Crippen molar-refractivity contribution < 1.29 is 14.3 Å². The SMILES string of the molecule is Cc1nc2ncnn2c(C)c1CCC(=O)N1CCC2(CC1)CC(CN(C)C)OC2=O. The lowest BCUT2D eigenvalue weighted by atomic mass is 9.76. The summed E-state index contributed by atoms with van der Waals surface area (Å²) in [6.07, 6.45) is 4.62. The number of cyclic esters (lactones) is 1. The van der Waals surface area contributed by atoms with Gasteiger partial charge in [-0.2, -0.15) is 10.1 Å². The van der Waals surface area contributed by atoms with Crippen LogP contribution >= 0.6 is 0 Å². The van der Waals surface area contributed by atoms with Crippen molar-refractivity contribution >= 4 is 17.7 Å². The van der Waals surface area contributed by atoms with Crippen molar-refractivity contribution in [3.8, 4) is 0 Å². The molecule has 0 aliphatic carbocycles. The summed E-state index contributed by atoms with van der Waals surface area (Å²) in [5.41, 5.74) is 2.49. The van der Waals surface area contributed by atoms with Crippen molar-refractivity contribution in [2.24, 2.45) is 5.41 Å². The van der Waals surface area contributed by atoms with Crippen LogP contribution in [0.15, 0.2) is 6.33 Å². The second-order valence-corrected chi connectivity index (χ2v) is 8.89. The Balaban J connectivity index is 1.35. The Kier molecular flexibility index (Phi) is 5.48. The minimum absolute atomic E-state index is 0.0418. The van der Waals surface area contributed by atoms with Crippen LogP contribution in [0.25, 0.3) is 5.78 Å². The van der Waals surface area contributed by atoms with Crippen LogP contribution in [0.3, 0.4) is 0 Å². The molecule has 9 nitrogen and oxygen atoms in total. The fourth-order valence-corrected chi connectivity index (χ4v) is 4.85. The third-order valence-electron chi connectivity index (χ3n) is 6.54. The van der Waals surface area contributed by atoms with Gasteiger partial charge in [0.15, 0.2) is 0 Å². The third kappa shape index (κ3) is 3.78. The van der Waals surface area contributed by atoms with Gasteiger partial charge in [0, 0.05) is 43.9 Å². The number of nitrogens with zero attached hydrogens (tertiary/aromatic N) is 6. The summed E-state index contributed by atoms with van der Waals surface area (Å²) in [5.74, 6) is 0.621. The molecule has 2 fully saturated rings. The average Bonchev–Trinajstić information content (AvgIpc) is 3.26. The van der Waals surface area contributed by atoms with Gasteiger partial charge in [-0.15, -0.1) is 0 Å². The molecule has 2 saturated heterocycles. The summed E-state index contributed by atoms with van der Waals surface area (Å²) < 4.78 is 7.33. The van der Waals surface area contributed by atoms with E-state index in [-0.39, 0.29) is 18.0 Å². The zero-order chi connectivity index (χ0) is 21.5. The molecule has 2 aliphatic heterocycles. The maximum Gasteiger partial charge on any atom is 0.312 e. The van der Waals surface area contributed by atoms with Crippen molar-refractivity contribution in [2.75, 3.05) is 33.7 Å². The molecule has 0 saturated carbocycles. The van der Waals surface area contributed by atoms with E-state index < -0.39 is 5.41 Å². The second kappa shape index (κ2) is 7.94. The molecule has 30 heavy (non-hydrogen) atoms. The minimum Gasteiger partial charge on any atom is -0.461 e. The van der Waals surface area contributed by atoms with E-state index in [2.05, 4.69) is 15.1 Å². The Labute approximate surface area is 176 Å². The van der Waals surface area contributed by atoms with Crippen LogP contribution in [0.4, 0.5) is 0 Å². The van der Waals surface area contributed by atoms with Crippen LogP contribution in [0, 0.1) is 19.3 Å². The van der Waals surface area contributed by atoms with Gasteiger partial charge in [0.2, 0.25) is 5.91 Å². The van der Waals surface area contributed by atoms with Gasteiger partial charge in [0.1, 0.15) is 12.4 Å². The molecule has 4 heterocycles. The first-order valence-electron chi connectivity index (χ1n) is 10.6. The highest BCUT2D eigenvalue weighted by Crippen LogP contribution is 2.43. The molecule has 0 N–H and O–H groups in total. The molecule has 1 unspecified atom stereocenters. The number of ether oxygens (including phenoxy) is 1. The number of amides is 1. The quantitative estimate of drug-likeness (QED) is 0.678. The number of likely N-dealkylation sites (tertiary alicyclic amines) is 1. The average molecular weight is 415 g/mol. The van der Waals surface area contributed by atoms with E-state index in [0.717, 1.165) is 29.9 Å². The monoisotopic (exact) mass is 414 g/mol. The number of aromatic nitrogens is 4. The third-order valence-corrected chi connectivity index (χ3v) is 6.54. The van der Waals surface area contributed by atoms with Gasteiger partial charge in [-0.25, -0.2) is 9.50 Å². The molecule has 1 amide bonds. The lowest BCUT2D eigenvalue weighted by Crippen LogP contribution is -2.45. The van der Waals surface area contributed by atoms with Crippen molar-refractivity contribution in [3.63, 3.8) is 0 Å². The fraction of sp³-hybridized carbons (Fsp3) is 0.667. The molecule has 1 atom stereocenters. The molecule has 0 bridgehead atoms. The smallest absolute Gasteiger partial charge is 0.312 e. The molecule has 4 rings (SSSR count). The van der Waals surface area contributed by atoms with E-state index in [0.29, 0.717) is 44.6 Å². The second-order valence-electron chi connectivity index (χ2n) is 8.89. The highest BCUT2D eigenvalue weighted by atomic mass is 16.6. The summed E-state index contributed by atoms with van der Waals surface area (Å²) in [6.45, 7) is 5.90. The number of rotatable bonds is 5. The van der Waals surface area contributed by atoms with E-state index in [1.807, 2.05) is 37.7 Å². The van der Waals surface area contributed by atoms with Crippen molar-refractivity contribution in [3.05, 3.63) is 23.3 Å². The van der Waals surface area contributed by atoms with Crippen LogP contribution in [0.1, 0.15) is 42.6 Å². The first kappa shape index (κ1) is 20.7. The van der Waals surface area contributed by atoms with E-state index in [1.165, 1.54) is 6.33 Å². The Morgan fingerprint density at radius 2 is 2.03 bits per heavy atom. The molecule has 0 radical (unpaired) electrons. The number of hydrogen-bond acceptors (Lipinski definition) is 7. The number of fused-ring (bicyclic) bond motifs is 1. The molecular formula is C21H30N6O3. The number of aryl methyl sites for hydroxylation is 2. The zero-order valence-electron chi connectivity index (χ0n) is 18.2. The highest BCUT2D eigenvalue weighted by molar-refractivity contribution is 5.81. The first-order valence-corrected chi connectivity index (χ1v) is 10.6. The molecule has 2 aliphatic rings. The number of hydrogen-bond donors (Lipinski definition) is 0. The molecule has 2 aromatic heterocycles. The summed E-state index contributed by atoms with van der Waals surface area (Å²) >= 11 is 0. The van der Waals surface area contributed by atoms with Gasteiger partial charge in [-0.1, -0.05) is 0 Å². The Bertz CT molecular complexity index is 961. The lowest BCUT2D eigenvalue weighted by Gasteiger charge is -2.36. The van der Waals surface area contributed by atoms with Crippen molar-refractivity contribution in [2.45, 2.75) is 52.1 Å². The minimum atomic E-state index is -0.410. The number of esters is 1. The Morgan fingerprint density at radius 3 is 2.73 bits per heavy atom. The topological polar surface area (TPSA) is 92.9 Å². The van der Waals surface area contributed by atoms with Crippen LogP contribution < -0.4 is 0 Å². The van der Waals surface area contributed by atoms with Crippen LogP contribution in [0.5, 0.6) is 0 Å². The molecule has 0 aromatic carbocycles. The normalized spacial score (nSPS) is 21.0. The van der Waals surface area contributed by atoms with Gasteiger partial charge < -0.3 is 14.5 Å². The predicted molar refractivity (Wildman–Crippen MR) is 110 cm³/mol. The fourth-order valence-electron chi connectivity index (χ4n) is 4.85. The summed E-state index contributed by atoms with van der Waals surface area (Å²) in [6, 6.07) is 0. The maximum absolute atomic E-state index is 12.9. The zero-order valence-corrected chi connectivity index (χ0v) is 18.2. The van der Waals surface area contributed by atoms with E-state index in [1.54, 1.807) is 4.52 Å². The highest BCUT2D eigenvalue weighted by Gasteiger charge is 2.50. The van der Waals surface area contributed by atoms with Gasteiger partial charge in [-0.3, -0.25) is 9.59 Å². The Hall–Kier alpha value is -2.55. The van der Waals surface area contributed by atoms with Crippen LogP contribution in [-0.2, 0) is 20.7 Å². The summed E-state index contributed by atoms with van der Waals surface area (Å²) in [5, 5.41) is 4.21. The van der Waals surface area contributed by atoms with Crippen molar-refractivity contribution in [1.29, 1.82) is 0 Å².